The molecule has 0 saturated heterocycles. The van der Waals surface area contributed by atoms with Gasteiger partial charge < -0.3 is 0 Å². The molecule has 3 nitrogen and oxygen atoms in total. The number of hydrogen-bond donors (Lipinski definition) is 0. The molecule has 0 aliphatic carbocycles. The lowest BCUT2D eigenvalue weighted by molar-refractivity contribution is 0.589. The molecule has 21 heavy (non-hydrogen) atoms. The van der Waals surface area contributed by atoms with Gasteiger partial charge in [-0.25, -0.2) is 16.8 Å². The summed E-state index contributed by atoms with van der Waals surface area (Å²) in [6.07, 6.45) is 1.51. The van der Waals surface area contributed by atoms with Crippen LogP contribution in [0.3, 0.4) is 0 Å². The molecule has 0 unspecified atom stereocenters. The molecule has 0 fully saturated rings. The molecular formula is C15H11FINO2S. The third kappa shape index (κ3) is 2.46. The molecule has 108 valence electrons. The van der Waals surface area contributed by atoms with Gasteiger partial charge in [0.2, 0.25) is 0 Å². The molecule has 3 rings (SSSR count). The van der Waals surface area contributed by atoms with Gasteiger partial charge in [-0.15, -0.1) is 0 Å². The van der Waals surface area contributed by atoms with Crippen LogP contribution in [0.15, 0.2) is 53.6 Å². The summed E-state index contributed by atoms with van der Waals surface area (Å²) in [5.41, 5.74) is 1.33. The molecule has 6 heteroatoms. The highest BCUT2D eigenvalue weighted by molar-refractivity contribution is 14.1. The van der Waals surface area contributed by atoms with E-state index in [0.29, 0.717) is 10.9 Å². The fourth-order valence-electron chi connectivity index (χ4n) is 2.15. The Kier molecular flexibility index (Phi) is 3.53. The topological polar surface area (TPSA) is 39.1 Å². The Balaban J connectivity index is 2.28. The lowest BCUT2D eigenvalue weighted by atomic mass is 10.2. The molecule has 0 N–H and O–H groups in total. The van der Waals surface area contributed by atoms with E-state index in [9.17, 15) is 12.8 Å². The minimum Gasteiger partial charge on any atom is -0.240 e. The molecule has 2 aromatic carbocycles. The van der Waals surface area contributed by atoms with Crippen molar-refractivity contribution in [3.63, 3.8) is 0 Å². The first kappa shape index (κ1) is 14.5. The molecule has 1 heterocycles. The van der Waals surface area contributed by atoms with Crippen LogP contribution in [0, 0.1) is 16.3 Å². The summed E-state index contributed by atoms with van der Waals surface area (Å²) in [4.78, 5) is 0.186. The highest BCUT2D eigenvalue weighted by Gasteiger charge is 2.20. The summed E-state index contributed by atoms with van der Waals surface area (Å²) in [7, 11) is -3.73. The van der Waals surface area contributed by atoms with Gasteiger partial charge in [-0.05, 0) is 59.8 Å². The van der Waals surface area contributed by atoms with Gasteiger partial charge in [0, 0.05) is 15.2 Å². The zero-order valence-electron chi connectivity index (χ0n) is 11.0. The van der Waals surface area contributed by atoms with Crippen LogP contribution < -0.4 is 0 Å². The smallest absolute Gasteiger partial charge is 0.240 e. The van der Waals surface area contributed by atoms with Gasteiger partial charge in [0.05, 0.1) is 10.4 Å². The van der Waals surface area contributed by atoms with Crippen molar-refractivity contribution in [3.8, 4) is 0 Å². The first-order chi connectivity index (χ1) is 9.89. The van der Waals surface area contributed by atoms with Crippen molar-refractivity contribution in [2.45, 2.75) is 11.8 Å². The van der Waals surface area contributed by atoms with Gasteiger partial charge in [0.15, 0.2) is 0 Å². The molecule has 0 aliphatic heterocycles. The van der Waals surface area contributed by atoms with E-state index >= 15 is 0 Å². The molecule has 0 atom stereocenters. The molecule has 3 aromatic rings. The average molecular weight is 415 g/mol. The van der Waals surface area contributed by atoms with Crippen LogP contribution in [0.25, 0.3) is 10.9 Å². The fourth-order valence-corrected chi connectivity index (χ4v) is 4.44. The molecule has 0 amide bonds. The summed E-state index contributed by atoms with van der Waals surface area (Å²) in [5, 5.41) is 0.715. The average Bonchev–Trinajstić information content (AvgIpc) is 2.76. The van der Waals surface area contributed by atoms with E-state index in [1.54, 1.807) is 30.3 Å². The van der Waals surface area contributed by atoms with Crippen molar-refractivity contribution in [1.29, 1.82) is 0 Å². The van der Waals surface area contributed by atoms with Crippen molar-refractivity contribution in [3.05, 3.63) is 63.6 Å². The van der Waals surface area contributed by atoms with Gasteiger partial charge in [-0.1, -0.05) is 17.7 Å². The Hall–Kier alpha value is -1.41. The summed E-state index contributed by atoms with van der Waals surface area (Å²) in [5.74, 6) is -0.461. The number of benzene rings is 2. The van der Waals surface area contributed by atoms with Gasteiger partial charge in [-0.3, -0.25) is 0 Å². The monoisotopic (exact) mass is 415 g/mol. The summed E-state index contributed by atoms with van der Waals surface area (Å²) in [6.45, 7) is 1.89. The highest BCUT2D eigenvalue weighted by atomic mass is 127. The Bertz CT molecular complexity index is 930. The van der Waals surface area contributed by atoms with Crippen LogP contribution in [0.1, 0.15) is 5.56 Å². The number of aryl methyl sites for hydroxylation is 1. The number of aromatic nitrogens is 1. The van der Waals surface area contributed by atoms with Crippen molar-refractivity contribution >= 4 is 43.5 Å². The van der Waals surface area contributed by atoms with E-state index in [4.69, 9.17) is 0 Å². The maximum atomic E-state index is 13.5. The van der Waals surface area contributed by atoms with Crippen LogP contribution >= 0.6 is 22.6 Å². The Morgan fingerprint density at radius 1 is 1.10 bits per heavy atom. The first-order valence-electron chi connectivity index (χ1n) is 6.18. The van der Waals surface area contributed by atoms with Crippen LogP contribution in [-0.4, -0.2) is 12.4 Å². The third-order valence-electron chi connectivity index (χ3n) is 3.26. The summed E-state index contributed by atoms with van der Waals surface area (Å²) < 4.78 is 40.8. The minimum absolute atomic E-state index is 0.186. The van der Waals surface area contributed by atoms with Gasteiger partial charge in [0.25, 0.3) is 10.0 Å². The summed E-state index contributed by atoms with van der Waals surface area (Å²) >= 11 is 2.05. The lowest BCUT2D eigenvalue weighted by Gasteiger charge is -2.07. The van der Waals surface area contributed by atoms with Crippen LogP contribution in [0.2, 0.25) is 0 Å². The second-order valence-corrected chi connectivity index (χ2v) is 7.73. The lowest BCUT2D eigenvalue weighted by Crippen LogP contribution is -2.11. The zero-order chi connectivity index (χ0) is 15.2. The quantitative estimate of drug-likeness (QED) is 0.595. The van der Waals surface area contributed by atoms with Crippen molar-refractivity contribution in [1.82, 2.24) is 3.97 Å². The molecule has 1 aromatic heterocycles. The normalized spacial score (nSPS) is 12.0. The highest BCUT2D eigenvalue weighted by Crippen LogP contribution is 2.27. The maximum absolute atomic E-state index is 13.5. The van der Waals surface area contributed by atoms with Gasteiger partial charge in [-0.2, -0.15) is 0 Å². The standard InChI is InChI=1S/C15H11FINO2S/c1-10-2-5-12(6-3-10)21(19,20)18-9-14(17)13-7-4-11(16)8-15(13)18/h2-9H,1H3. The predicted molar refractivity (Wildman–Crippen MR) is 88.4 cm³/mol. The predicted octanol–water partition coefficient (Wildman–Crippen LogP) is 3.93. The number of fused-ring (bicyclic) bond motifs is 1. The number of nitrogens with zero attached hydrogens (tertiary/aromatic N) is 1. The minimum atomic E-state index is -3.73. The van der Waals surface area contributed by atoms with E-state index in [0.717, 1.165) is 13.1 Å². The second kappa shape index (κ2) is 5.10. The SMILES string of the molecule is Cc1ccc(S(=O)(=O)n2cc(I)c3ccc(F)cc32)cc1. The maximum Gasteiger partial charge on any atom is 0.268 e. The van der Waals surface area contributed by atoms with E-state index in [-0.39, 0.29) is 4.90 Å². The number of rotatable bonds is 2. The Labute approximate surface area is 135 Å². The Morgan fingerprint density at radius 2 is 1.76 bits per heavy atom. The van der Waals surface area contributed by atoms with E-state index < -0.39 is 15.8 Å². The molecule has 0 saturated carbocycles. The van der Waals surface area contributed by atoms with E-state index in [1.807, 2.05) is 29.5 Å². The van der Waals surface area contributed by atoms with Crippen LogP contribution in [0.5, 0.6) is 0 Å². The van der Waals surface area contributed by atoms with Crippen molar-refractivity contribution in [2.75, 3.05) is 0 Å². The van der Waals surface area contributed by atoms with Crippen molar-refractivity contribution < 1.29 is 12.8 Å². The summed E-state index contributed by atoms with van der Waals surface area (Å²) in [6, 6.07) is 10.8. The van der Waals surface area contributed by atoms with Gasteiger partial charge in [0.1, 0.15) is 5.82 Å². The molecule has 0 bridgehead atoms. The van der Waals surface area contributed by atoms with E-state index in [2.05, 4.69) is 0 Å². The zero-order valence-corrected chi connectivity index (χ0v) is 14.0. The molecule has 0 spiro atoms. The van der Waals surface area contributed by atoms with Crippen LogP contribution in [0.4, 0.5) is 4.39 Å². The van der Waals surface area contributed by atoms with E-state index in [1.165, 1.54) is 18.3 Å². The largest absolute Gasteiger partial charge is 0.268 e. The number of halogens is 2. The van der Waals surface area contributed by atoms with Crippen LogP contribution in [-0.2, 0) is 10.0 Å². The third-order valence-corrected chi connectivity index (χ3v) is 5.81. The second-order valence-electron chi connectivity index (χ2n) is 4.75. The molecule has 0 aliphatic rings. The first-order valence-corrected chi connectivity index (χ1v) is 8.70. The van der Waals surface area contributed by atoms with Gasteiger partial charge >= 0.3 is 0 Å². The number of hydrogen-bond acceptors (Lipinski definition) is 2. The molecular weight excluding hydrogens is 404 g/mol. The Morgan fingerprint density at radius 3 is 2.43 bits per heavy atom. The molecule has 0 radical (unpaired) electrons. The fraction of sp³-hybridized carbons (Fsp3) is 0.0667. The van der Waals surface area contributed by atoms with Crippen molar-refractivity contribution in [2.24, 2.45) is 0 Å².